The first-order valence-corrected chi connectivity index (χ1v) is 10.7. The summed E-state index contributed by atoms with van der Waals surface area (Å²) in [6.45, 7) is 0. The van der Waals surface area contributed by atoms with E-state index in [9.17, 15) is 13.2 Å². The Morgan fingerprint density at radius 2 is 1.70 bits per heavy atom. The number of sulfone groups is 1. The monoisotopic (exact) mass is 451 g/mol. The molecule has 2 aromatic carbocycles. The Bertz CT molecular complexity index is 1120. The van der Waals surface area contributed by atoms with Crippen LogP contribution in [0.5, 0.6) is 11.5 Å². The van der Waals surface area contributed by atoms with Crippen molar-refractivity contribution in [1.82, 2.24) is 10.2 Å². The third kappa shape index (κ3) is 5.28. The molecule has 158 valence electrons. The van der Waals surface area contributed by atoms with Crippen LogP contribution in [0.15, 0.2) is 51.8 Å². The number of hydrogen-bond donors (Lipinski definition) is 1. The Morgan fingerprint density at radius 3 is 2.30 bits per heavy atom. The van der Waals surface area contributed by atoms with Gasteiger partial charge in [-0.2, -0.15) is 0 Å². The summed E-state index contributed by atoms with van der Waals surface area (Å²) in [4.78, 5) is 12.2. The molecular weight excluding hydrogens is 434 g/mol. The van der Waals surface area contributed by atoms with Gasteiger partial charge in [-0.15, -0.1) is 5.10 Å². The number of nitrogens with one attached hydrogen (secondary N) is 1. The van der Waals surface area contributed by atoms with Gasteiger partial charge in [0.1, 0.15) is 11.5 Å². The van der Waals surface area contributed by atoms with Gasteiger partial charge >= 0.3 is 6.01 Å². The summed E-state index contributed by atoms with van der Waals surface area (Å²) in [5.41, 5.74) is 0.532. The van der Waals surface area contributed by atoms with Crippen LogP contribution < -0.4 is 14.8 Å². The van der Waals surface area contributed by atoms with Crippen LogP contribution in [-0.4, -0.2) is 44.5 Å². The van der Waals surface area contributed by atoms with Gasteiger partial charge in [0.15, 0.2) is 9.84 Å². The Balaban J connectivity index is 1.64. The van der Waals surface area contributed by atoms with Crippen LogP contribution in [0.2, 0.25) is 5.02 Å². The third-order valence-electron chi connectivity index (χ3n) is 4.04. The molecule has 11 heteroatoms. The number of methoxy groups -OCH3 is 2. The van der Waals surface area contributed by atoms with Crippen molar-refractivity contribution in [2.24, 2.45) is 0 Å². The van der Waals surface area contributed by atoms with Gasteiger partial charge in [-0.05, 0) is 36.4 Å². The van der Waals surface area contributed by atoms with Crippen molar-refractivity contribution in [3.8, 4) is 23.0 Å². The van der Waals surface area contributed by atoms with Crippen molar-refractivity contribution >= 4 is 33.4 Å². The van der Waals surface area contributed by atoms with Gasteiger partial charge < -0.3 is 13.9 Å². The molecule has 30 heavy (non-hydrogen) atoms. The highest BCUT2D eigenvalue weighted by Gasteiger charge is 2.18. The summed E-state index contributed by atoms with van der Waals surface area (Å²) in [5.74, 6) is 0.234. The van der Waals surface area contributed by atoms with Crippen LogP contribution in [0, 0.1) is 0 Å². The van der Waals surface area contributed by atoms with E-state index in [1.807, 2.05) is 0 Å². The van der Waals surface area contributed by atoms with E-state index in [-0.39, 0.29) is 29.0 Å². The maximum absolute atomic E-state index is 12.3. The second-order valence-electron chi connectivity index (χ2n) is 6.08. The molecule has 0 bridgehead atoms. The number of halogens is 1. The molecule has 0 fully saturated rings. The molecule has 3 aromatic rings. The molecule has 0 radical (unpaired) electrons. The molecule has 0 saturated carbocycles. The van der Waals surface area contributed by atoms with E-state index in [4.69, 9.17) is 25.5 Å². The van der Waals surface area contributed by atoms with E-state index >= 15 is 0 Å². The second-order valence-corrected chi connectivity index (χ2v) is 8.63. The van der Waals surface area contributed by atoms with Gasteiger partial charge in [-0.1, -0.05) is 16.7 Å². The largest absolute Gasteiger partial charge is 0.497 e. The Hall–Kier alpha value is -3.11. The Morgan fingerprint density at radius 1 is 1.07 bits per heavy atom. The van der Waals surface area contributed by atoms with Crippen molar-refractivity contribution in [2.45, 2.75) is 11.3 Å². The van der Waals surface area contributed by atoms with Crippen LogP contribution in [0.3, 0.4) is 0 Å². The molecule has 0 saturated heterocycles. The lowest BCUT2D eigenvalue weighted by molar-refractivity contribution is -0.115. The van der Waals surface area contributed by atoms with Crippen molar-refractivity contribution in [1.29, 1.82) is 0 Å². The predicted octanol–water partition coefficient (Wildman–Crippen LogP) is 3.21. The summed E-state index contributed by atoms with van der Waals surface area (Å²) in [6.07, 6.45) is -0.282. The highest BCUT2D eigenvalue weighted by molar-refractivity contribution is 7.91. The molecule has 0 aliphatic carbocycles. The summed E-state index contributed by atoms with van der Waals surface area (Å²) in [7, 11) is -0.611. The average Bonchev–Trinajstić information content (AvgIpc) is 3.20. The summed E-state index contributed by atoms with van der Waals surface area (Å²) in [5, 5.41) is 10.5. The summed E-state index contributed by atoms with van der Waals surface area (Å²) >= 11 is 5.76. The smallest absolute Gasteiger partial charge is 0.322 e. The van der Waals surface area contributed by atoms with Crippen molar-refractivity contribution in [2.75, 3.05) is 25.3 Å². The third-order valence-corrected chi connectivity index (χ3v) is 6.02. The molecule has 1 amide bonds. The number of anilines is 1. The number of hydrogen-bond acceptors (Lipinski definition) is 8. The maximum atomic E-state index is 12.3. The lowest BCUT2D eigenvalue weighted by Gasteiger charge is -2.06. The van der Waals surface area contributed by atoms with Gasteiger partial charge in [0.05, 0.1) is 24.9 Å². The Labute approximate surface area is 177 Å². The molecule has 0 aliphatic heterocycles. The zero-order valence-corrected chi connectivity index (χ0v) is 17.7. The minimum atomic E-state index is -3.63. The lowest BCUT2D eigenvalue weighted by Crippen LogP contribution is -2.17. The molecule has 0 atom stereocenters. The van der Waals surface area contributed by atoms with Crippen molar-refractivity contribution in [3.63, 3.8) is 0 Å². The number of nitrogens with zero attached hydrogens (tertiary/aromatic N) is 2. The fraction of sp³-hybridized carbons (Fsp3) is 0.211. The predicted molar refractivity (Wildman–Crippen MR) is 110 cm³/mol. The first-order chi connectivity index (χ1) is 14.3. The zero-order valence-electron chi connectivity index (χ0n) is 16.1. The Kier molecular flexibility index (Phi) is 6.58. The first-order valence-electron chi connectivity index (χ1n) is 8.66. The molecule has 9 nitrogen and oxygen atoms in total. The normalized spacial score (nSPS) is 11.2. The van der Waals surface area contributed by atoms with Crippen LogP contribution >= 0.6 is 11.6 Å². The number of carbonyl (C=O) groups excluding carboxylic acids is 1. The van der Waals surface area contributed by atoms with E-state index in [1.165, 1.54) is 38.5 Å². The lowest BCUT2D eigenvalue weighted by atomic mass is 10.2. The summed E-state index contributed by atoms with van der Waals surface area (Å²) < 4.78 is 40.5. The van der Waals surface area contributed by atoms with Gasteiger partial charge in [-0.25, -0.2) is 8.42 Å². The van der Waals surface area contributed by atoms with Gasteiger partial charge in [0.2, 0.25) is 11.8 Å². The highest BCUT2D eigenvalue weighted by atomic mass is 35.5. The number of aromatic nitrogens is 2. The average molecular weight is 452 g/mol. The standard InChI is InChI=1S/C19H18ClN3O6S/c1-27-14-9-12(10-15(11-14)28-2)18-22-23-19(29-18)21-17(24)7-8-30(25,26)16-5-3-13(20)4-6-16/h3-6,9-11H,7-8H2,1-2H3,(H,21,23,24). The summed E-state index contributed by atoms with van der Waals surface area (Å²) in [6, 6.07) is 10.6. The molecule has 0 aliphatic rings. The molecule has 1 aromatic heterocycles. The minimum absolute atomic E-state index is 0.0896. The van der Waals surface area contributed by atoms with E-state index in [0.29, 0.717) is 22.1 Å². The van der Waals surface area contributed by atoms with E-state index in [0.717, 1.165) is 0 Å². The molecule has 1 heterocycles. The molecule has 1 N–H and O–H groups in total. The van der Waals surface area contributed by atoms with Crippen LogP contribution in [0.4, 0.5) is 6.01 Å². The first kappa shape index (κ1) is 21.6. The topological polar surface area (TPSA) is 121 Å². The van der Waals surface area contributed by atoms with E-state index in [1.54, 1.807) is 18.2 Å². The number of carbonyl (C=O) groups is 1. The van der Waals surface area contributed by atoms with Crippen LogP contribution in [-0.2, 0) is 14.6 Å². The van der Waals surface area contributed by atoms with Crippen LogP contribution in [0.25, 0.3) is 11.5 Å². The zero-order chi connectivity index (χ0) is 21.7. The van der Waals surface area contributed by atoms with Gasteiger partial charge in [0, 0.05) is 23.1 Å². The van der Waals surface area contributed by atoms with E-state index in [2.05, 4.69) is 15.5 Å². The SMILES string of the molecule is COc1cc(OC)cc(-c2nnc(NC(=O)CCS(=O)(=O)c3ccc(Cl)cc3)o2)c1. The number of amides is 1. The number of ether oxygens (including phenoxy) is 2. The fourth-order valence-electron chi connectivity index (χ4n) is 2.49. The second kappa shape index (κ2) is 9.14. The number of benzene rings is 2. The quantitative estimate of drug-likeness (QED) is 0.554. The number of rotatable bonds is 8. The van der Waals surface area contributed by atoms with Crippen molar-refractivity contribution in [3.05, 3.63) is 47.5 Å². The minimum Gasteiger partial charge on any atom is -0.497 e. The van der Waals surface area contributed by atoms with Gasteiger partial charge in [-0.3, -0.25) is 10.1 Å². The van der Waals surface area contributed by atoms with Crippen LogP contribution in [0.1, 0.15) is 6.42 Å². The van der Waals surface area contributed by atoms with Gasteiger partial charge in [0.25, 0.3) is 0 Å². The fourth-order valence-corrected chi connectivity index (χ4v) is 3.86. The van der Waals surface area contributed by atoms with E-state index < -0.39 is 15.7 Å². The van der Waals surface area contributed by atoms with Crippen molar-refractivity contribution < 1.29 is 27.1 Å². The highest BCUT2D eigenvalue weighted by Crippen LogP contribution is 2.29. The maximum Gasteiger partial charge on any atom is 0.322 e. The molecule has 0 spiro atoms. The molecular formula is C19H18ClN3O6S. The molecule has 3 rings (SSSR count). The molecule has 0 unspecified atom stereocenters.